The van der Waals surface area contributed by atoms with Gasteiger partial charge in [0.25, 0.3) is 5.69 Å². The summed E-state index contributed by atoms with van der Waals surface area (Å²) >= 11 is 3.44. The third-order valence-electron chi connectivity index (χ3n) is 3.11. The first-order valence-corrected chi connectivity index (χ1v) is 7.00. The van der Waals surface area contributed by atoms with E-state index in [2.05, 4.69) is 21.2 Å². The second-order valence-electron chi connectivity index (χ2n) is 4.69. The van der Waals surface area contributed by atoms with Crippen LogP contribution in [0.4, 0.5) is 11.4 Å². The standard InChI is InChI=1S/C15H15BrN2O2/c1-10-7-15(18(19)20)11(2)6-14(10)17-9-12-4-3-5-13(16)8-12/h3-8,17H,9H2,1-2H3. The molecule has 0 radical (unpaired) electrons. The van der Waals surface area contributed by atoms with Gasteiger partial charge in [0.05, 0.1) is 4.92 Å². The number of nitrogens with one attached hydrogen (secondary N) is 1. The minimum atomic E-state index is -0.347. The van der Waals surface area contributed by atoms with Crippen molar-refractivity contribution in [3.8, 4) is 0 Å². The van der Waals surface area contributed by atoms with Crippen LogP contribution < -0.4 is 5.32 Å². The van der Waals surface area contributed by atoms with Crippen LogP contribution in [0.5, 0.6) is 0 Å². The molecule has 0 amide bonds. The van der Waals surface area contributed by atoms with E-state index < -0.39 is 0 Å². The zero-order valence-electron chi connectivity index (χ0n) is 11.3. The molecular weight excluding hydrogens is 320 g/mol. The van der Waals surface area contributed by atoms with Gasteiger partial charge < -0.3 is 5.32 Å². The maximum atomic E-state index is 10.9. The molecule has 2 rings (SSSR count). The van der Waals surface area contributed by atoms with Crippen molar-refractivity contribution in [3.63, 3.8) is 0 Å². The van der Waals surface area contributed by atoms with Crippen molar-refractivity contribution < 1.29 is 4.92 Å². The highest BCUT2D eigenvalue weighted by atomic mass is 79.9. The molecule has 2 aromatic carbocycles. The molecule has 0 aliphatic carbocycles. The van der Waals surface area contributed by atoms with Crippen LogP contribution in [0.1, 0.15) is 16.7 Å². The van der Waals surface area contributed by atoms with E-state index in [1.165, 1.54) is 0 Å². The van der Waals surface area contributed by atoms with E-state index in [0.29, 0.717) is 12.1 Å². The average molecular weight is 335 g/mol. The highest BCUT2D eigenvalue weighted by Crippen LogP contribution is 2.26. The Hall–Kier alpha value is -1.88. The fourth-order valence-corrected chi connectivity index (χ4v) is 2.48. The second-order valence-corrected chi connectivity index (χ2v) is 5.61. The highest BCUT2D eigenvalue weighted by molar-refractivity contribution is 9.10. The summed E-state index contributed by atoms with van der Waals surface area (Å²) < 4.78 is 1.04. The van der Waals surface area contributed by atoms with Crippen LogP contribution in [0.3, 0.4) is 0 Å². The molecule has 1 N–H and O–H groups in total. The lowest BCUT2D eigenvalue weighted by Gasteiger charge is -2.11. The molecule has 104 valence electrons. The maximum Gasteiger partial charge on any atom is 0.272 e. The fraction of sp³-hybridized carbons (Fsp3) is 0.200. The Bertz CT molecular complexity index is 656. The lowest BCUT2D eigenvalue weighted by molar-refractivity contribution is -0.385. The summed E-state index contributed by atoms with van der Waals surface area (Å²) in [5.41, 5.74) is 3.77. The van der Waals surface area contributed by atoms with Crippen LogP contribution in [0, 0.1) is 24.0 Å². The van der Waals surface area contributed by atoms with Crippen molar-refractivity contribution in [2.45, 2.75) is 20.4 Å². The summed E-state index contributed by atoms with van der Waals surface area (Å²) in [5, 5.41) is 14.2. The number of anilines is 1. The molecule has 0 heterocycles. The van der Waals surface area contributed by atoms with Crippen LogP contribution in [-0.2, 0) is 6.54 Å². The number of rotatable bonds is 4. The van der Waals surface area contributed by atoms with E-state index in [0.717, 1.165) is 21.3 Å². The van der Waals surface area contributed by atoms with Crippen molar-refractivity contribution in [3.05, 3.63) is 67.7 Å². The minimum Gasteiger partial charge on any atom is -0.381 e. The molecular formula is C15H15BrN2O2. The van der Waals surface area contributed by atoms with Crippen molar-refractivity contribution in [2.75, 3.05) is 5.32 Å². The van der Waals surface area contributed by atoms with E-state index in [9.17, 15) is 10.1 Å². The molecule has 5 heteroatoms. The quantitative estimate of drug-likeness (QED) is 0.657. The van der Waals surface area contributed by atoms with Crippen LogP contribution in [0.15, 0.2) is 40.9 Å². The SMILES string of the molecule is Cc1cc([N+](=O)[O-])c(C)cc1NCc1cccc(Br)c1. The van der Waals surface area contributed by atoms with Gasteiger partial charge in [-0.1, -0.05) is 28.1 Å². The van der Waals surface area contributed by atoms with Gasteiger partial charge in [0.2, 0.25) is 0 Å². The van der Waals surface area contributed by atoms with E-state index in [1.807, 2.05) is 37.3 Å². The Labute approximate surface area is 126 Å². The van der Waals surface area contributed by atoms with Crippen molar-refractivity contribution in [1.82, 2.24) is 0 Å². The summed E-state index contributed by atoms with van der Waals surface area (Å²) in [7, 11) is 0. The largest absolute Gasteiger partial charge is 0.381 e. The summed E-state index contributed by atoms with van der Waals surface area (Å²) in [6.07, 6.45) is 0. The first-order valence-electron chi connectivity index (χ1n) is 6.21. The number of hydrogen-bond donors (Lipinski definition) is 1. The van der Waals surface area contributed by atoms with Gasteiger partial charge in [0, 0.05) is 28.3 Å². The maximum absolute atomic E-state index is 10.9. The molecule has 0 spiro atoms. The summed E-state index contributed by atoms with van der Waals surface area (Å²) in [4.78, 5) is 10.5. The molecule has 0 saturated carbocycles. The Balaban J connectivity index is 2.18. The van der Waals surface area contributed by atoms with Gasteiger partial charge in [-0.25, -0.2) is 0 Å². The topological polar surface area (TPSA) is 55.2 Å². The smallest absolute Gasteiger partial charge is 0.272 e. The van der Waals surface area contributed by atoms with Gasteiger partial charge in [-0.05, 0) is 43.2 Å². The number of nitro groups is 1. The van der Waals surface area contributed by atoms with E-state index in [1.54, 1.807) is 13.0 Å². The molecule has 20 heavy (non-hydrogen) atoms. The van der Waals surface area contributed by atoms with E-state index in [-0.39, 0.29) is 10.6 Å². The second kappa shape index (κ2) is 6.05. The van der Waals surface area contributed by atoms with E-state index in [4.69, 9.17) is 0 Å². The highest BCUT2D eigenvalue weighted by Gasteiger charge is 2.13. The van der Waals surface area contributed by atoms with Gasteiger partial charge in [0.15, 0.2) is 0 Å². The predicted molar refractivity (Wildman–Crippen MR) is 84.0 cm³/mol. The van der Waals surface area contributed by atoms with Crippen molar-refractivity contribution in [2.24, 2.45) is 0 Å². The Kier molecular flexibility index (Phi) is 4.39. The molecule has 0 fully saturated rings. The van der Waals surface area contributed by atoms with Gasteiger partial charge in [-0.2, -0.15) is 0 Å². The molecule has 0 saturated heterocycles. The number of nitrogens with zero attached hydrogens (tertiary/aromatic N) is 1. The van der Waals surface area contributed by atoms with Crippen LogP contribution in [-0.4, -0.2) is 4.92 Å². The Morgan fingerprint density at radius 3 is 2.60 bits per heavy atom. The van der Waals surface area contributed by atoms with Gasteiger partial charge in [-0.15, -0.1) is 0 Å². The summed E-state index contributed by atoms with van der Waals surface area (Å²) in [5.74, 6) is 0. The van der Waals surface area contributed by atoms with Crippen LogP contribution in [0.25, 0.3) is 0 Å². The summed E-state index contributed by atoms with van der Waals surface area (Å²) in [6.45, 7) is 4.30. The van der Waals surface area contributed by atoms with Crippen molar-refractivity contribution >= 4 is 27.3 Å². The fourth-order valence-electron chi connectivity index (χ4n) is 2.03. The normalized spacial score (nSPS) is 10.3. The molecule has 0 aromatic heterocycles. The molecule has 0 aliphatic rings. The third kappa shape index (κ3) is 3.36. The van der Waals surface area contributed by atoms with Crippen molar-refractivity contribution in [1.29, 1.82) is 0 Å². The zero-order chi connectivity index (χ0) is 14.7. The van der Waals surface area contributed by atoms with E-state index >= 15 is 0 Å². The predicted octanol–water partition coefficient (Wildman–Crippen LogP) is 4.59. The van der Waals surface area contributed by atoms with Gasteiger partial charge >= 0.3 is 0 Å². The minimum absolute atomic E-state index is 0.163. The number of benzene rings is 2. The number of aryl methyl sites for hydroxylation is 2. The van der Waals surface area contributed by atoms with Gasteiger partial charge in [0.1, 0.15) is 0 Å². The summed E-state index contributed by atoms with van der Waals surface area (Å²) in [6, 6.07) is 11.5. The first-order chi connectivity index (χ1) is 9.47. The first kappa shape index (κ1) is 14.5. The molecule has 0 atom stereocenters. The Morgan fingerprint density at radius 2 is 1.95 bits per heavy atom. The average Bonchev–Trinajstić information content (AvgIpc) is 2.39. The van der Waals surface area contributed by atoms with Gasteiger partial charge in [-0.3, -0.25) is 10.1 Å². The Morgan fingerprint density at radius 1 is 1.20 bits per heavy atom. The molecule has 0 bridgehead atoms. The molecule has 4 nitrogen and oxygen atoms in total. The third-order valence-corrected chi connectivity index (χ3v) is 3.60. The number of hydrogen-bond acceptors (Lipinski definition) is 3. The zero-order valence-corrected chi connectivity index (χ0v) is 12.9. The molecule has 0 aliphatic heterocycles. The van der Waals surface area contributed by atoms with Crippen LogP contribution >= 0.6 is 15.9 Å². The monoisotopic (exact) mass is 334 g/mol. The molecule has 0 unspecified atom stereocenters. The number of halogens is 1. The number of nitro benzene ring substituents is 1. The van der Waals surface area contributed by atoms with Crippen LogP contribution in [0.2, 0.25) is 0 Å². The lowest BCUT2D eigenvalue weighted by Crippen LogP contribution is -2.02. The molecule has 2 aromatic rings. The lowest BCUT2D eigenvalue weighted by atomic mass is 10.1.